The summed E-state index contributed by atoms with van der Waals surface area (Å²) in [5.74, 6) is 1.48. The van der Waals surface area contributed by atoms with Gasteiger partial charge < -0.3 is 5.73 Å². The molecule has 1 aromatic heterocycles. The summed E-state index contributed by atoms with van der Waals surface area (Å²) in [5, 5.41) is 0.750. The molecule has 2 N–H and O–H groups in total. The maximum absolute atomic E-state index is 13.7. The van der Waals surface area contributed by atoms with Gasteiger partial charge in [0.25, 0.3) is 0 Å². The summed E-state index contributed by atoms with van der Waals surface area (Å²) < 4.78 is 13.7. The van der Waals surface area contributed by atoms with E-state index in [-0.39, 0.29) is 5.82 Å². The average Bonchev–Trinajstić information content (AvgIpc) is 3.21. The smallest absolute Gasteiger partial charge is 0.137 e. The number of benzene rings is 1. The van der Waals surface area contributed by atoms with Gasteiger partial charge in [-0.1, -0.05) is 23.9 Å². The molecule has 1 aliphatic carbocycles. The number of hydrogen-bond donors (Lipinski definition) is 1. The van der Waals surface area contributed by atoms with Gasteiger partial charge in [-0.05, 0) is 31.9 Å². The Kier molecular flexibility index (Phi) is 3.14. The fourth-order valence-electron chi connectivity index (χ4n) is 1.78. The van der Waals surface area contributed by atoms with Gasteiger partial charge in [0.2, 0.25) is 0 Å². The minimum atomic E-state index is -0.239. The lowest BCUT2D eigenvalue weighted by molar-refractivity contribution is 0.602. The van der Waals surface area contributed by atoms with Crippen molar-refractivity contribution in [1.82, 2.24) is 9.97 Å². The van der Waals surface area contributed by atoms with Gasteiger partial charge in [0.15, 0.2) is 0 Å². The van der Waals surface area contributed by atoms with E-state index in [1.165, 1.54) is 17.8 Å². The Morgan fingerprint density at radius 2 is 2.00 bits per heavy atom. The van der Waals surface area contributed by atoms with E-state index in [9.17, 15) is 4.39 Å². The van der Waals surface area contributed by atoms with Crippen molar-refractivity contribution in [3.05, 3.63) is 41.5 Å². The van der Waals surface area contributed by atoms with E-state index in [2.05, 4.69) is 9.97 Å². The fraction of sp³-hybridized carbons (Fsp3) is 0.286. The monoisotopic (exact) mass is 275 g/mol. The first kappa shape index (κ1) is 12.4. The van der Waals surface area contributed by atoms with Crippen LogP contribution in [0.3, 0.4) is 0 Å². The Hall–Kier alpha value is -1.62. The van der Waals surface area contributed by atoms with Gasteiger partial charge in [0, 0.05) is 16.4 Å². The number of nitrogens with two attached hydrogens (primary N) is 1. The lowest BCUT2D eigenvalue weighted by atomic mass is 10.3. The lowest BCUT2D eigenvalue weighted by Gasteiger charge is -2.09. The third kappa shape index (κ3) is 2.56. The minimum absolute atomic E-state index is 0.239. The van der Waals surface area contributed by atoms with Gasteiger partial charge in [-0.15, -0.1) is 0 Å². The Morgan fingerprint density at radius 1 is 1.26 bits per heavy atom. The second-order valence-electron chi connectivity index (χ2n) is 4.70. The van der Waals surface area contributed by atoms with Crippen molar-refractivity contribution >= 4 is 17.6 Å². The number of halogens is 1. The maximum Gasteiger partial charge on any atom is 0.137 e. The first-order chi connectivity index (χ1) is 9.15. The van der Waals surface area contributed by atoms with Crippen molar-refractivity contribution in [1.29, 1.82) is 0 Å². The number of nitrogens with zero attached hydrogens (tertiary/aromatic N) is 2. The van der Waals surface area contributed by atoms with Crippen LogP contribution in [0.4, 0.5) is 10.2 Å². The zero-order chi connectivity index (χ0) is 13.4. The molecule has 0 bridgehead atoms. The van der Waals surface area contributed by atoms with E-state index >= 15 is 0 Å². The summed E-state index contributed by atoms with van der Waals surface area (Å²) in [6.45, 7) is 1.87. The third-order valence-electron chi connectivity index (χ3n) is 3.14. The molecule has 0 unspecified atom stereocenters. The molecule has 0 amide bonds. The van der Waals surface area contributed by atoms with Crippen LogP contribution in [0.15, 0.2) is 34.2 Å². The zero-order valence-electron chi connectivity index (χ0n) is 10.6. The molecule has 5 heteroatoms. The number of aromatic nitrogens is 2. The number of nitrogen functional groups attached to an aromatic ring is 1. The van der Waals surface area contributed by atoms with Crippen LogP contribution in [0.2, 0.25) is 0 Å². The van der Waals surface area contributed by atoms with Crippen LogP contribution in [-0.2, 0) is 0 Å². The van der Waals surface area contributed by atoms with Gasteiger partial charge >= 0.3 is 0 Å². The summed E-state index contributed by atoms with van der Waals surface area (Å²) >= 11 is 1.31. The molecule has 98 valence electrons. The maximum atomic E-state index is 13.7. The van der Waals surface area contributed by atoms with Crippen molar-refractivity contribution in [3.63, 3.8) is 0 Å². The largest absolute Gasteiger partial charge is 0.383 e. The van der Waals surface area contributed by atoms with E-state index in [4.69, 9.17) is 5.73 Å². The van der Waals surface area contributed by atoms with Crippen molar-refractivity contribution < 1.29 is 4.39 Å². The SMILES string of the molecule is Cc1c(N)nc(C2CC2)nc1Sc1ccccc1F. The van der Waals surface area contributed by atoms with E-state index < -0.39 is 0 Å². The Labute approximate surface area is 115 Å². The normalized spacial score (nSPS) is 14.6. The van der Waals surface area contributed by atoms with Crippen LogP contribution in [0.1, 0.15) is 30.1 Å². The predicted octanol–water partition coefficient (Wildman–Crippen LogP) is 3.53. The molecule has 0 spiro atoms. The first-order valence-electron chi connectivity index (χ1n) is 6.21. The average molecular weight is 275 g/mol. The summed E-state index contributed by atoms with van der Waals surface area (Å²) in [5.41, 5.74) is 6.74. The van der Waals surface area contributed by atoms with Gasteiger partial charge in [0.1, 0.15) is 22.5 Å². The first-order valence-corrected chi connectivity index (χ1v) is 7.03. The van der Waals surface area contributed by atoms with Gasteiger partial charge in [-0.25, -0.2) is 14.4 Å². The van der Waals surface area contributed by atoms with Crippen LogP contribution in [0.5, 0.6) is 0 Å². The van der Waals surface area contributed by atoms with Crippen molar-refractivity contribution in [2.75, 3.05) is 5.73 Å². The van der Waals surface area contributed by atoms with E-state index in [0.29, 0.717) is 16.6 Å². The highest BCUT2D eigenvalue weighted by Gasteiger charge is 2.28. The fourth-order valence-corrected chi connectivity index (χ4v) is 2.70. The molecule has 1 saturated carbocycles. The van der Waals surface area contributed by atoms with Crippen LogP contribution in [0, 0.1) is 12.7 Å². The van der Waals surface area contributed by atoms with Gasteiger partial charge in [-0.2, -0.15) is 0 Å². The molecule has 1 aromatic carbocycles. The molecule has 0 saturated heterocycles. The van der Waals surface area contributed by atoms with Crippen LogP contribution in [-0.4, -0.2) is 9.97 Å². The number of hydrogen-bond acceptors (Lipinski definition) is 4. The highest BCUT2D eigenvalue weighted by atomic mass is 32.2. The van der Waals surface area contributed by atoms with Crippen molar-refractivity contribution in [2.45, 2.75) is 35.6 Å². The molecule has 0 atom stereocenters. The van der Waals surface area contributed by atoms with Crippen molar-refractivity contribution in [3.8, 4) is 0 Å². The van der Waals surface area contributed by atoms with Crippen LogP contribution >= 0.6 is 11.8 Å². The van der Waals surface area contributed by atoms with E-state index in [0.717, 1.165) is 29.3 Å². The van der Waals surface area contributed by atoms with Crippen molar-refractivity contribution in [2.24, 2.45) is 0 Å². The Balaban J connectivity index is 1.98. The van der Waals surface area contributed by atoms with E-state index in [1.54, 1.807) is 12.1 Å². The highest BCUT2D eigenvalue weighted by molar-refractivity contribution is 7.99. The zero-order valence-corrected chi connectivity index (χ0v) is 11.4. The molecule has 1 fully saturated rings. The quantitative estimate of drug-likeness (QED) is 0.871. The second-order valence-corrected chi connectivity index (χ2v) is 5.73. The molecule has 1 heterocycles. The van der Waals surface area contributed by atoms with Gasteiger partial charge in [0.05, 0.1) is 0 Å². The van der Waals surface area contributed by atoms with Crippen LogP contribution < -0.4 is 5.73 Å². The second kappa shape index (κ2) is 4.81. The topological polar surface area (TPSA) is 51.8 Å². The summed E-state index contributed by atoms with van der Waals surface area (Å²) in [6.07, 6.45) is 2.23. The van der Waals surface area contributed by atoms with E-state index in [1.807, 2.05) is 13.0 Å². The standard InChI is InChI=1S/C14H14FN3S/c1-8-12(16)17-13(9-6-7-9)18-14(8)19-11-5-3-2-4-10(11)15/h2-5,9H,6-7H2,1H3,(H2,16,17,18). The number of rotatable bonds is 3. The van der Waals surface area contributed by atoms with Gasteiger partial charge in [-0.3, -0.25) is 0 Å². The Morgan fingerprint density at radius 3 is 2.68 bits per heavy atom. The summed E-state index contributed by atoms with van der Waals surface area (Å²) in [7, 11) is 0. The Bertz CT molecular complexity index is 626. The molecule has 19 heavy (non-hydrogen) atoms. The third-order valence-corrected chi connectivity index (χ3v) is 4.28. The molecule has 1 aliphatic rings. The predicted molar refractivity (Wildman–Crippen MR) is 73.7 cm³/mol. The molecule has 3 nitrogen and oxygen atoms in total. The molecule has 2 aromatic rings. The van der Waals surface area contributed by atoms with Crippen LogP contribution in [0.25, 0.3) is 0 Å². The summed E-state index contributed by atoms with van der Waals surface area (Å²) in [4.78, 5) is 9.42. The molecular formula is C14H14FN3S. The lowest BCUT2D eigenvalue weighted by Crippen LogP contribution is -2.03. The molecule has 0 radical (unpaired) electrons. The minimum Gasteiger partial charge on any atom is -0.383 e. The molecule has 0 aliphatic heterocycles. The highest BCUT2D eigenvalue weighted by Crippen LogP contribution is 2.40. The summed E-state index contributed by atoms with van der Waals surface area (Å²) in [6, 6.07) is 6.68. The number of anilines is 1. The molecular weight excluding hydrogens is 261 g/mol. The molecule has 3 rings (SSSR count).